The van der Waals surface area contributed by atoms with E-state index in [0.29, 0.717) is 18.8 Å². The van der Waals surface area contributed by atoms with Crippen LogP contribution in [0.5, 0.6) is 0 Å². The fourth-order valence-electron chi connectivity index (χ4n) is 3.02. The maximum Gasteiger partial charge on any atom is 0.335 e. The van der Waals surface area contributed by atoms with Gasteiger partial charge in [-0.15, -0.1) is 0 Å². The van der Waals surface area contributed by atoms with Crippen LogP contribution >= 0.6 is 0 Å². The van der Waals surface area contributed by atoms with Gasteiger partial charge >= 0.3 is 5.97 Å². The molecule has 0 radical (unpaired) electrons. The van der Waals surface area contributed by atoms with Crippen LogP contribution in [0.4, 0.5) is 0 Å². The van der Waals surface area contributed by atoms with Crippen molar-refractivity contribution in [2.24, 2.45) is 0 Å². The lowest BCUT2D eigenvalue weighted by Crippen LogP contribution is -2.32. The van der Waals surface area contributed by atoms with E-state index in [1.807, 2.05) is 60.7 Å². The highest BCUT2D eigenvalue weighted by Crippen LogP contribution is 2.15. The molecule has 0 heterocycles. The zero-order valence-corrected chi connectivity index (χ0v) is 16.0. The van der Waals surface area contributed by atoms with Gasteiger partial charge in [0.25, 0.3) is 0 Å². The number of carboxylic acid groups (broad SMARTS) is 1. The van der Waals surface area contributed by atoms with Crippen LogP contribution < -0.4 is 5.32 Å². The molecular formula is C24H23NO4. The summed E-state index contributed by atoms with van der Waals surface area (Å²) in [7, 11) is 0. The molecule has 0 aromatic heterocycles. The molecule has 0 aliphatic heterocycles. The van der Waals surface area contributed by atoms with Crippen LogP contribution in [-0.4, -0.2) is 23.6 Å². The van der Waals surface area contributed by atoms with Gasteiger partial charge in [0, 0.05) is 0 Å². The summed E-state index contributed by atoms with van der Waals surface area (Å²) in [5.41, 5.74) is 2.84. The number of benzene rings is 3. The van der Waals surface area contributed by atoms with Crippen molar-refractivity contribution in [2.75, 3.05) is 6.61 Å². The first-order valence-electron chi connectivity index (χ1n) is 9.40. The highest BCUT2D eigenvalue weighted by molar-refractivity contribution is 5.88. The molecule has 3 aromatic rings. The normalized spacial score (nSPS) is 11.6. The van der Waals surface area contributed by atoms with Crippen LogP contribution in [-0.2, 0) is 22.6 Å². The van der Waals surface area contributed by atoms with Gasteiger partial charge in [0.1, 0.15) is 0 Å². The van der Waals surface area contributed by atoms with E-state index >= 15 is 0 Å². The van der Waals surface area contributed by atoms with Gasteiger partial charge in [0.05, 0.1) is 31.2 Å². The first kappa shape index (κ1) is 20.3. The molecule has 0 bridgehead atoms. The molecule has 29 heavy (non-hydrogen) atoms. The molecule has 0 spiro atoms. The molecule has 148 valence electrons. The summed E-state index contributed by atoms with van der Waals surface area (Å²) in [6, 6.07) is 25.6. The number of carbonyl (C=O) groups excluding carboxylic acids is 1. The lowest BCUT2D eigenvalue weighted by atomic mass is 10.1. The Morgan fingerprint density at radius 1 is 0.862 bits per heavy atom. The zero-order chi connectivity index (χ0) is 20.5. The Balaban J connectivity index is 1.64. The highest BCUT2D eigenvalue weighted by Gasteiger charge is 2.16. The van der Waals surface area contributed by atoms with E-state index < -0.39 is 5.97 Å². The number of amides is 1. The first-order valence-corrected chi connectivity index (χ1v) is 9.40. The topological polar surface area (TPSA) is 75.6 Å². The number of aromatic carboxylic acids is 1. The fraction of sp³-hybridized carbons (Fsp3) is 0.167. The lowest BCUT2D eigenvalue weighted by Gasteiger charge is -2.20. The zero-order valence-electron chi connectivity index (χ0n) is 16.0. The molecule has 0 saturated carbocycles. The standard InChI is InChI=1S/C24H23NO4/c26-23(15-19-10-7-13-21(14-19)24(27)28)25-22(20-11-5-2-6-12-20)17-29-16-18-8-3-1-4-9-18/h1-14,22H,15-17H2,(H,25,26)(H,27,28). The van der Waals surface area contributed by atoms with Gasteiger partial charge in [-0.25, -0.2) is 4.79 Å². The van der Waals surface area contributed by atoms with Gasteiger partial charge in [0.2, 0.25) is 5.91 Å². The number of hydrogen-bond donors (Lipinski definition) is 2. The molecule has 0 saturated heterocycles. The molecule has 0 aliphatic rings. The predicted octanol–water partition coefficient (Wildman–Crippen LogP) is 4.00. The molecule has 3 aromatic carbocycles. The minimum atomic E-state index is -1.01. The summed E-state index contributed by atoms with van der Waals surface area (Å²) in [4.78, 5) is 23.7. The molecular weight excluding hydrogens is 366 g/mol. The number of carboxylic acids is 1. The molecule has 1 atom stereocenters. The summed E-state index contributed by atoms with van der Waals surface area (Å²) < 4.78 is 5.85. The van der Waals surface area contributed by atoms with E-state index in [4.69, 9.17) is 9.84 Å². The fourth-order valence-corrected chi connectivity index (χ4v) is 3.02. The molecule has 5 nitrogen and oxygen atoms in total. The Hall–Kier alpha value is -3.44. The predicted molar refractivity (Wildman–Crippen MR) is 111 cm³/mol. The van der Waals surface area contributed by atoms with Crippen molar-refractivity contribution in [2.45, 2.75) is 19.1 Å². The molecule has 1 unspecified atom stereocenters. The SMILES string of the molecule is O=C(Cc1cccc(C(=O)O)c1)NC(COCc1ccccc1)c1ccccc1. The highest BCUT2D eigenvalue weighted by atomic mass is 16.5. The quantitative estimate of drug-likeness (QED) is 0.580. The average Bonchev–Trinajstić information content (AvgIpc) is 2.74. The van der Waals surface area contributed by atoms with Crippen LogP contribution in [0.1, 0.15) is 33.1 Å². The van der Waals surface area contributed by atoms with Gasteiger partial charge in [-0.2, -0.15) is 0 Å². The van der Waals surface area contributed by atoms with Gasteiger partial charge < -0.3 is 15.2 Å². The molecule has 2 N–H and O–H groups in total. The van der Waals surface area contributed by atoms with Gasteiger partial charge in [-0.05, 0) is 28.8 Å². The summed E-state index contributed by atoms with van der Waals surface area (Å²) in [5.74, 6) is -1.20. The second-order valence-corrected chi connectivity index (χ2v) is 6.71. The summed E-state index contributed by atoms with van der Waals surface area (Å²) in [6.45, 7) is 0.792. The van der Waals surface area contributed by atoms with Crippen LogP contribution in [0.25, 0.3) is 0 Å². The van der Waals surface area contributed by atoms with E-state index in [1.165, 1.54) is 12.1 Å². The van der Waals surface area contributed by atoms with Gasteiger partial charge in [-0.3, -0.25) is 4.79 Å². The average molecular weight is 389 g/mol. The molecule has 0 aliphatic carbocycles. The Morgan fingerprint density at radius 2 is 1.52 bits per heavy atom. The number of ether oxygens (including phenoxy) is 1. The third kappa shape index (κ3) is 6.30. The number of nitrogens with one attached hydrogen (secondary N) is 1. The monoisotopic (exact) mass is 389 g/mol. The van der Waals surface area contributed by atoms with Gasteiger partial charge in [-0.1, -0.05) is 72.8 Å². The summed E-state index contributed by atoms with van der Waals surface area (Å²) in [5, 5.41) is 12.1. The Morgan fingerprint density at radius 3 is 2.21 bits per heavy atom. The van der Waals surface area contributed by atoms with Crippen LogP contribution in [0.3, 0.4) is 0 Å². The van der Waals surface area contributed by atoms with E-state index in [0.717, 1.165) is 11.1 Å². The second-order valence-electron chi connectivity index (χ2n) is 6.71. The smallest absolute Gasteiger partial charge is 0.335 e. The number of rotatable bonds is 9. The van der Waals surface area contributed by atoms with Crippen molar-refractivity contribution < 1.29 is 19.4 Å². The maximum absolute atomic E-state index is 12.6. The van der Waals surface area contributed by atoms with Crippen LogP contribution in [0.15, 0.2) is 84.9 Å². The summed E-state index contributed by atoms with van der Waals surface area (Å²) >= 11 is 0. The summed E-state index contributed by atoms with van der Waals surface area (Å²) in [6.07, 6.45) is 0.100. The van der Waals surface area contributed by atoms with E-state index in [9.17, 15) is 9.59 Å². The van der Waals surface area contributed by atoms with E-state index in [-0.39, 0.29) is 23.9 Å². The molecule has 3 rings (SSSR count). The molecule has 1 amide bonds. The second kappa shape index (κ2) is 10.2. The van der Waals surface area contributed by atoms with E-state index in [1.54, 1.807) is 12.1 Å². The number of carbonyl (C=O) groups is 2. The van der Waals surface area contributed by atoms with Crippen molar-refractivity contribution in [3.63, 3.8) is 0 Å². The number of hydrogen-bond acceptors (Lipinski definition) is 3. The van der Waals surface area contributed by atoms with Crippen molar-refractivity contribution in [3.8, 4) is 0 Å². The Labute approximate surface area is 170 Å². The van der Waals surface area contributed by atoms with Crippen LogP contribution in [0.2, 0.25) is 0 Å². The van der Waals surface area contributed by atoms with Crippen molar-refractivity contribution in [1.82, 2.24) is 5.32 Å². The van der Waals surface area contributed by atoms with Crippen molar-refractivity contribution in [3.05, 3.63) is 107 Å². The third-order valence-electron chi connectivity index (χ3n) is 4.47. The lowest BCUT2D eigenvalue weighted by molar-refractivity contribution is -0.121. The first-order chi connectivity index (χ1) is 14.1. The van der Waals surface area contributed by atoms with Gasteiger partial charge in [0.15, 0.2) is 0 Å². The van der Waals surface area contributed by atoms with Crippen LogP contribution in [0, 0.1) is 0 Å². The van der Waals surface area contributed by atoms with E-state index in [2.05, 4.69) is 5.32 Å². The Kier molecular flexibility index (Phi) is 7.14. The minimum Gasteiger partial charge on any atom is -0.478 e. The molecule has 5 heteroatoms. The molecule has 0 fully saturated rings. The third-order valence-corrected chi connectivity index (χ3v) is 4.47. The maximum atomic E-state index is 12.6. The Bertz CT molecular complexity index is 941. The minimum absolute atomic E-state index is 0.100. The van der Waals surface area contributed by atoms with Crippen molar-refractivity contribution >= 4 is 11.9 Å². The largest absolute Gasteiger partial charge is 0.478 e. The van der Waals surface area contributed by atoms with Crippen molar-refractivity contribution in [1.29, 1.82) is 0 Å².